The fourth-order valence-electron chi connectivity index (χ4n) is 5.46. The number of alkyl halides is 3. The maximum absolute atomic E-state index is 13.5. The summed E-state index contributed by atoms with van der Waals surface area (Å²) in [6.07, 6.45) is -0.586. The summed E-state index contributed by atoms with van der Waals surface area (Å²) in [5.74, 6) is 1.08. The Balaban J connectivity index is 1.35. The van der Waals surface area contributed by atoms with Crippen LogP contribution >= 0.6 is 0 Å². The van der Waals surface area contributed by atoms with Crippen LogP contribution in [0.3, 0.4) is 0 Å². The van der Waals surface area contributed by atoms with Gasteiger partial charge in [-0.3, -0.25) is 4.79 Å². The first-order chi connectivity index (χ1) is 19.0. The summed E-state index contributed by atoms with van der Waals surface area (Å²) in [6, 6.07) is 17.7. The van der Waals surface area contributed by atoms with E-state index in [0.717, 1.165) is 54.3 Å². The normalized spacial score (nSPS) is 18.0. The second-order valence-electron chi connectivity index (χ2n) is 10.8. The van der Waals surface area contributed by atoms with Crippen LogP contribution < -0.4 is 0 Å². The molecule has 1 saturated heterocycles. The first-order valence-corrected chi connectivity index (χ1v) is 15.1. The highest BCUT2D eigenvalue weighted by molar-refractivity contribution is 7.90. The molecule has 40 heavy (non-hydrogen) atoms. The smallest absolute Gasteiger partial charge is 0.342 e. The molecule has 1 saturated carbocycles. The van der Waals surface area contributed by atoms with Gasteiger partial charge in [0.2, 0.25) is 5.91 Å². The molecule has 4 aromatic rings. The van der Waals surface area contributed by atoms with Crippen molar-refractivity contribution in [2.45, 2.75) is 36.9 Å². The minimum absolute atomic E-state index is 0.154. The van der Waals surface area contributed by atoms with E-state index in [-0.39, 0.29) is 28.2 Å². The van der Waals surface area contributed by atoms with Crippen LogP contribution in [-0.2, 0) is 27.4 Å². The van der Waals surface area contributed by atoms with Crippen LogP contribution in [0.25, 0.3) is 33.5 Å². The maximum Gasteiger partial charge on any atom is 0.416 e. The number of carbonyl (C=O) groups is 1. The molecule has 0 spiro atoms. The molecule has 6 rings (SSSR count). The quantitative estimate of drug-likeness (QED) is 0.284. The first kappa shape index (κ1) is 26.6. The average molecular weight is 568 g/mol. The lowest BCUT2D eigenvalue weighted by atomic mass is 10.0. The van der Waals surface area contributed by atoms with Gasteiger partial charge in [-0.05, 0) is 66.6 Å². The summed E-state index contributed by atoms with van der Waals surface area (Å²) in [6.45, 7) is 1.86. The molecule has 2 heterocycles. The highest BCUT2D eigenvalue weighted by Crippen LogP contribution is 2.36. The molecule has 0 N–H and O–H groups in total. The van der Waals surface area contributed by atoms with E-state index in [1.54, 1.807) is 18.2 Å². The molecule has 208 valence electrons. The number of hydrogen-bond acceptors (Lipinski definition) is 4. The van der Waals surface area contributed by atoms with Gasteiger partial charge in [-0.15, -0.1) is 0 Å². The molecule has 0 unspecified atom stereocenters. The van der Waals surface area contributed by atoms with Gasteiger partial charge >= 0.3 is 6.18 Å². The minimum Gasteiger partial charge on any atom is -0.342 e. The van der Waals surface area contributed by atoms with Crippen molar-refractivity contribution in [1.82, 2.24) is 14.5 Å². The number of amides is 1. The lowest BCUT2D eigenvalue weighted by Crippen LogP contribution is -2.30. The molecule has 1 aromatic heterocycles. The molecule has 1 aliphatic heterocycles. The molecule has 1 aliphatic carbocycles. The number of carbonyl (C=O) groups excluding carboxylic acids is 1. The molecule has 1 amide bonds. The first-order valence-electron chi connectivity index (χ1n) is 13.2. The Bertz CT molecular complexity index is 1710. The monoisotopic (exact) mass is 567 g/mol. The van der Waals surface area contributed by atoms with Gasteiger partial charge in [0.05, 0.1) is 21.5 Å². The van der Waals surface area contributed by atoms with E-state index in [0.29, 0.717) is 31.0 Å². The molecular weight excluding hydrogens is 539 g/mol. The third-order valence-corrected chi connectivity index (χ3v) is 8.89. The van der Waals surface area contributed by atoms with Crippen LogP contribution in [0.1, 0.15) is 24.8 Å². The Labute approximate surface area is 230 Å². The van der Waals surface area contributed by atoms with E-state index < -0.39 is 21.6 Å². The summed E-state index contributed by atoms with van der Waals surface area (Å²) in [7, 11) is -3.36. The van der Waals surface area contributed by atoms with Gasteiger partial charge in [0, 0.05) is 37.4 Å². The Morgan fingerprint density at radius 1 is 0.950 bits per heavy atom. The molecule has 2 fully saturated rings. The Kier molecular flexibility index (Phi) is 6.48. The van der Waals surface area contributed by atoms with Gasteiger partial charge < -0.3 is 9.47 Å². The third kappa shape index (κ3) is 5.24. The van der Waals surface area contributed by atoms with Gasteiger partial charge in [0.1, 0.15) is 5.82 Å². The molecule has 6 nitrogen and oxygen atoms in total. The fraction of sp³-hybridized carbons (Fsp3) is 0.333. The molecule has 0 radical (unpaired) electrons. The van der Waals surface area contributed by atoms with Crippen molar-refractivity contribution < 1.29 is 26.4 Å². The maximum atomic E-state index is 13.5. The number of imidazole rings is 1. The van der Waals surface area contributed by atoms with Gasteiger partial charge in [0.25, 0.3) is 0 Å². The molecular formula is C30H28F3N3O3S. The van der Waals surface area contributed by atoms with Crippen molar-refractivity contribution >= 4 is 26.8 Å². The number of hydrogen-bond donors (Lipinski definition) is 0. The van der Waals surface area contributed by atoms with Crippen LogP contribution in [0.2, 0.25) is 0 Å². The van der Waals surface area contributed by atoms with E-state index >= 15 is 0 Å². The lowest BCUT2D eigenvalue weighted by molar-refractivity contribution is -0.137. The molecule has 3 aromatic carbocycles. The molecule has 1 atom stereocenters. The standard InChI is InChI=1S/C30H28F3N3O3S/c1-40(38,39)25-4-2-3-23(15-25)20-5-7-21(8-6-20)28-34-26-16-24(30(31,32)33)11-12-27(26)36(28)18-19-13-14-35(17-19)29(37)22-9-10-22/h2-8,11-12,15-16,19,22H,9-10,13-14,17-18H2,1H3/t19-/m0/s1. The number of aromatic nitrogens is 2. The van der Waals surface area contributed by atoms with E-state index in [2.05, 4.69) is 4.98 Å². The predicted molar refractivity (Wildman–Crippen MR) is 146 cm³/mol. The third-order valence-electron chi connectivity index (χ3n) is 7.78. The zero-order valence-corrected chi connectivity index (χ0v) is 22.7. The highest BCUT2D eigenvalue weighted by Gasteiger charge is 2.37. The Hall–Kier alpha value is -3.66. The van der Waals surface area contributed by atoms with E-state index in [4.69, 9.17) is 0 Å². The van der Waals surface area contributed by atoms with E-state index in [1.807, 2.05) is 39.8 Å². The van der Waals surface area contributed by atoms with Gasteiger partial charge in [-0.25, -0.2) is 13.4 Å². The van der Waals surface area contributed by atoms with E-state index in [9.17, 15) is 26.4 Å². The van der Waals surface area contributed by atoms with Gasteiger partial charge in [0.15, 0.2) is 9.84 Å². The number of benzene rings is 3. The zero-order chi connectivity index (χ0) is 28.2. The number of halogens is 3. The summed E-state index contributed by atoms with van der Waals surface area (Å²) >= 11 is 0. The summed E-state index contributed by atoms with van der Waals surface area (Å²) in [4.78, 5) is 19.4. The number of sulfone groups is 1. The predicted octanol–water partition coefficient (Wildman–Crippen LogP) is 6.05. The second kappa shape index (κ2) is 9.76. The average Bonchev–Trinajstić information content (AvgIpc) is 3.57. The van der Waals surface area contributed by atoms with Gasteiger partial charge in [-0.2, -0.15) is 13.2 Å². The number of likely N-dealkylation sites (tertiary alicyclic amines) is 1. The van der Waals surface area contributed by atoms with E-state index in [1.165, 1.54) is 6.07 Å². The topological polar surface area (TPSA) is 72.3 Å². The summed E-state index contributed by atoms with van der Waals surface area (Å²) in [5.41, 5.74) is 2.40. The van der Waals surface area contributed by atoms with Crippen LogP contribution in [0.4, 0.5) is 13.2 Å². The number of rotatable bonds is 6. The van der Waals surface area contributed by atoms with Crippen molar-refractivity contribution in [2.24, 2.45) is 11.8 Å². The molecule has 10 heteroatoms. The minimum atomic E-state index is -4.48. The lowest BCUT2D eigenvalue weighted by Gasteiger charge is -2.18. The SMILES string of the molecule is CS(=O)(=O)c1cccc(-c2ccc(-c3nc4cc(C(F)(F)F)ccc4n3C[C@H]3CCN(C(=O)C4CC4)C3)cc2)c1. The largest absolute Gasteiger partial charge is 0.416 e. The summed E-state index contributed by atoms with van der Waals surface area (Å²) < 4.78 is 66.3. The Morgan fingerprint density at radius 3 is 2.35 bits per heavy atom. The van der Waals surface area contributed by atoms with Crippen LogP contribution in [0, 0.1) is 11.8 Å². The van der Waals surface area contributed by atoms with Crippen LogP contribution in [-0.4, -0.2) is 48.1 Å². The summed E-state index contributed by atoms with van der Waals surface area (Å²) in [5, 5.41) is 0. The molecule has 0 bridgehead atoms. The second-order valence-corrected chi connectivity index (χ2v) is 12.9. The number of nitrogens with zero attached hydrogens (tertiary/aromatic N) is 3. The van der Waals surface area contributed by atoms with Crippen molar-refractivity contribution in [3.8, 4) is 22.5 Å². The van der Waals surface area contributed by atoms with Crippen molar-refractivity contribution in [3.63, 3.8) is 0 Å². The van der Waals surface area contributed by atoms with Gasteiger partial charge in [-0.1, -0.05) is 36.4 Å². The highest BCUT2D eigenvalue weighted by atomic mass is 32.2. The molecule has 2 aliphatic rings. The Morgan fingerprint density at radius 2 is 1.68 bits per heavy atom. The zero-order valence-electron chi connectivity index (χ0n) is 21.9. The fourth-order valence-corrected chi connectivity index (χ4v) is 6.12. The van der Waals surface area contributed by atoms with Crippen LogP contribution in [0.5, 0.6) is 0 Å². The van der Waals surface area contributed by atoms with Crippen molar-refractivity contribution in [3.05, 3.63) is 72.3 Å². The number of fused-ring (bicyclic) bond motifs is 1. The van der Waals surface area contributed by atoms with Crippen molar-refractivity contribution in [2.75, 3.05) is 19.3 Å². The van der Waals surface area contributed by atoms with Crippen molar-refractivity contribution in [1.29, 1.82) is 0 Å². The van der Waals surface area contributed by atoms with Crippen LogP contribution in [0.15, 0.2) is 71.6 Å².